The van der Waals surface area contributed by atoms with E-state index in [1.807, 2.05) is 36.4 Å². The predicted octanol–water partition coefficient (Wildman–Crippen LogP) is 5.02. The van der Waals surface area contributed by atoms with E-state index in [0.29, 0.717) is 23.3 Å². The van der Waals surface area contributed by atoms with E-state index in [0.717, 1.165) is 29.7 Å². The standard InChI is InChI=1S/C22H26O3/c1-13(2)15-11-10-14(3)12-20(15)25-22(23)17-7-5-9-19-21(17)16-6-4-8-18(16)24-19/h4-9,13-15,18,20H,10-12H2,1-3H3/t14?,15-,18?,20+/m1/s1. The normalized spacial score (nSPS) is 29.8. The second kappa shape index (κ2) is 6.36. The first-order chi connectivity index (χ1) is 12.0. The smallest absolute Gasteiger partial charge is 0.339 e. The van der Waals surface area contributed by atoms with Crippen LogP contribution >= 0.6 is 0 Å². The van der Waals surface area contributed by atoms with Crippen LogP contribution in [0.3, 0.4) is 0 Å². The summed E-state index contributed by atoms with van der Waals surface area (Å²) in [7, 11) is 0. The van der Waals surface area contributed by atoms with Crippen molar-refractivity contribution in [3.05, 3.63) is 47.6 Å². The van der Waals surface area contributed by atoms with Gasteiger partial charge in [0.1, 0.15) is 18.0 Å². The van der Waals surface area contributed by atoms with Crippen molar-refractivity contribution in [3.63, 3.8) is 0 Å². The monoisotopic (exact) mass is 338 g/mol. The van der Waals surface area contributed by atoms with Crippen LogP contribution in [0.1, 0.15) is 56.0 Å². The lowest BCUT2D eigenvalue weighted by atomic mass is 9.75. The Labute approximate surface area is 149 Å². The lowest BCUT2D eigenvalue weighted by Gasteiger charge is -2.36. The van der Waals surface area contributed by atoms with Crippen molar-refractivity contribution >= 4 is 11.5 Å². The van der Waals surface area contributed by atoms with Crippen molar-refractivity contribution in [2.75, 3.05) is 0 Å². The fourth-order valence-corrected chi connectivity index (χ4v) is 4.47. The highest BCUT2D eigenvalue weighted by molar-refractivity contribution is 5.99. The number of allylic oxidation sites excluding steroid dienone is 2. The second-order valence-electron chi connectivity index (χ2n) is 7.99. The highest BCUT2D eigenvalue weighted by atomic mass is 16.5. The summed E-state index contributed by atoms with van der Waals surface area (Å²) in [6.45, 7) is 6.72. The van der Waals surface area contributed by atoms with Crippen molar-refractivity contribution in [2.45, 2.75) is 52.2 Å². The number of esters is 1. The molecule has 3 heteroatoms. The maximum atomic E-state index is 13.0. The van der Waals surface area contributed by atoms with Crippen LogP contribution in [0.25, 0.3) is 5.57 Å². The van der Waals surface area contributed by atoms with Crippen molar-refractivity contribution in [3.8, 4) is 5.75 Å². The van der Waals surface area contributed by atoms with Crippen molar-refractivity contribution < 1.29 is 14.3 Å². The Bertz CT molecular complexity index is 744. The molecule has 1 fully saturated rings. The van der Waals surface area contributed by atoms with E-state index in [2.05, 4.69) is 20.8 Å². The third-order valence-electron chi connectivity index (χ3n) is 5.88. The molecular weight excluding hydrogens is 312 g/mol. The Morgan fingerprint density at radius 2 is 2.12 bits per heavy atom. The minimum absolute atomic E-state index is 0.0147. The summed E-state index contributed by atoms with van der Waals surface area (Å²) in [5, 5.41) is 0. The number of ether oxygens (including phenoxy) is 2. The van der Waals surface area contributed by atoms with Gasteiger partial charge in [0.25, 0.3) is 0 Å². The van der Waals surface area contributed by atoms with E-state index >= 15 is 0 Å². The molecule has 0 spiro atoms. The van der Waals surface area contributed by atoms with Gasteiger partial charge >= 0.3 is 5.97 Å². The highest BCUT2D eigenvalue weighted by Gasteiger charge is 2.36. The van der Waals surface area contributed by atoms with Crippen LogP contribution in [-0.4, -0.2) is 18.2 Å². The fraction of sp³-hybridized carbons (Fsp3) is 0.500. The number of hydrogen-bond donors (Lipinski definition) is 0. The fourth-order valence-electron chi connectivity index (χ4n) is 4.47. The Morgan fingerprint density at radius 3 is 2.92 bits per heavy atom. The molecule has 3 aliphatic rings. The van der Waals surface area contributed by atoms with E-state index in [1.54, 1.807) is 0 Å². The van der Waals surface area contributed by atoms with Gasteiger partial charge < -0.3 is 9.47 Å². The molecule has 0 bridgehead atoms. The van der Waals surface area contributed by atoms with E-state index in [1.165, 1.54) is 6.42 Å². The Hall–Kier alpha value is -2.03. The zero-order chi connectivity index (χ0) is 17.6. The molecule has 0 saturated heterocycles. The largest absolute Gasteiger partial charge is 0.481 e. The molecule has 132 valence electrons. The van der Waals surface area contributed by atoms with Crippen LogP contribution < -0.4 is 4.74 Å². The van der Waals surface area contributed by atoms with Gasteiger partial charge in [-0.25, -0.2) is 4.79 Å². The van der Waals surface area contributed by atoms with Crippen LogP contribution in [0, 0.1) is 17.8 Å². The predicted molar refractivity (Wildman–Crippen MR) is 98.5 cm³/mol. The van der Waals surface area contributed by atoms with Gasteiger partial charge in [0.2, 0.25) is 0 Å². The third kappa shape index (κ3) is 2.90. The van der Waals surface area contributed by atoms with Crippen LogP contribution in [0.15, 0.2) is 36.4 Å². The van der Waals surface area contributed by atoms with Crippen LogP contribution in [0.2, 0.25) is 0 Å². The number of benzene rings is 1. The quantitative estimate of drug-likeness (QED) is 0.726. The van der Waals surface area contributed by atoms with Gasteiger partial charge in [-0.1, -0.05) is 45.4 Å². The topological polar surface area (TPSA) is 35.5 Å². The number of fused-ring (bicyclic) bond motifs is 3. The molecule has 1 aromatic carbocycles. The molecule has 1 heterocycles. The minimum atomic E-state index is -0.210. The van der Waals surface area contributed by atoms with Gasteiger partial charge in [-0.05, 0) is 48.8 Å². The first-order valence-corrected chi connectivity index (χ1v) is 9.44. The molecule has 1 aliphatic heterocycles. The number of carbonyl (C=O) groups is 1. The molecule has 0 N–H and O–H groups in total. The molecule has 2 unspecified atom stereocenters. The van der Waals surface area contributed by atoms with Crippen LogP contribution in [0.4, 0.5) is 0 Å². The Morgan fingerprint density at radius 1 is 1.28 bits per heavy atom. The number of rotatable bonds is 3. The summed E-state index contributed by atoms with van der Waals surface area (Å²) in [4.78, 5) is 13.0. The van der Waals surface area contributed by atoms with Gasteiger partial charge in [0.15, 0.2) is 0 Å². The van der Waals surface area contributed by atoms with Gasteiger partial charge in [-0.2, -0.15) is 0 Å². The molecule has 0 radical (unpaired) electrons. The van der Waals surface area contributed by atoms with Gasteiger partial charge in [0.05, 0.1) is 5.56 Å². The summed E-state index contributed by atoms with van der Waals surface area (Å²) >= 11 is 0. The zero-order valence-electron chi connectivity index (χ0n) is 15.2. The molecule has 0 aromatic heterocycles. The van der Waals surface area contributed by atoms with E-state index in [4.69, 9.17) is 9.47 Å². The van der Waals surface area contributed by atoms with Crippen LogP contribution in [0.5, 0.6) is 5.75 Å². The summed E-state index contributed by atoms with van der Waals surface area (Å²) in [6, 6.07) is 5.67. The molecule has 4 rings (SSSR count). The minimum Gasteiger partial charge on any atom is -0.481 e. The second-order valence-corrected chi connectivity index (χ2v) is 7.99. The third-order valence-corrected chi connectivity index (χ3v) is 5.88. The average Bonchev–Trinajstić information content (AvgIpc) is 3.14. The van der Waals surface area contributed by atoms with Crippen molar-refractivity contribution in [1.29, 1.82) is 0 Å². The maximum Gasteiger partial charge on any atom is 0.339 e. The first kappa shape index (κ1) is 16.4. The molecule has 25 heavy (non-hydrogen) atoms. The van der Waals surface area contributed by atoms with Crippen molar-refractivity contribution in [2.24, 2.45) is 17.8 Å². The Kier molecular flexibility index (Phi) is 4.18. The summed E-state index contributed by atoms with van der Waals surface area (Å²) in [6.07, 6.45) is 9.34. The average molecular weight is 338 g/mol. The summed E-state index contributed by atoms with van der Waals surface area (Å²) in [5.41, 5.74) is 2.61. The summed E-state index contributed by atoms with van der Waals surface area (Å²) in [5.74, 6) is 2.17. The Balaban J connectivity index is 1.59. The molecule has 4 atom stereocenters. The zero-order valence-corrected chi connectivity index (χ0v) is 15.2. The first-order valence-electron chi connectivity index (χ1n) is 9.44. The lowest BCUT2D eigenvalue weighted by Crippen LogP contribution is -2.36. The van der Waals surface area contributed by atoms with E-state index in [-0.39, 0.29) is 18.2 Å². The molecule has 0 amide bonds. The van der Waals surface area contributed by atoms with Gasteiger partial charge in [0, 0.05) is 11.1 Å². The SMILES string of the molecule is CC1CC[C@H](C(C)C)[C@@H](OC(=O)c2cccc3c2C2=CC=CC2O3)C1. The molecule has 3 nitrogen and oxygen atoms in total. The summed E-state index contributed by atoms with van der Waals surface area (Å²) < 4.78 is 12.0. The highest BCUT2D eigenvalue weighted by Crippen LogP contribution is 2.43. The van der Waals surface area contributed by atoms with Gasteiger partial charge in [-0.15, -0.1) is 0 Å². The van der Waals surface area contributed by atoms with E-state index < -0.39 is 0 Å². The van der Waals surface area contributed by atoms with Gasteiger partial charge in [-0.3, -0.25) is 0 Å². The number of carbonyl (C=O) groups excluding carboxylic acids is 1. The molecule has 1 aromatic rings. The van der Waals surface area contributed by atoms with Crippen LogP contribution in [-0.2, 0) is 4.74 Å². The maximum absolute atomic E-state index is 13.0. The molecular formula is C22H26O3. The van der Waals surface area contributed by atoms with Crippen molar-refractivity contribution in [1.82, 2.24) is 0 Å². The van der Waals surface area contributed by atoms with E-state index in [9.17, 15) is 4.79 Å². The molecule has 1 saturated carbocycles. The number of hydrogen-bond acceptors (Lipinski definition) is 3. The lowest BCUT2D eigenvalue weighted by molar-refractivity contribution is -0.0174. The molecule has 2 aliphatic carbocycles.